The van der Waals surface area contributed by atoms with E-state index < -0.39 is 0 Å². The third-order valence-corrected chi connectivity index (χ3v) is 4.50. The van der Waals surface area contributed by atoms with Gasteiger partial charge in [-0.1, -0.05) is 37.3 Å². The molecule has 126 valence electrons. The van der Waals surface area contributed by atoms with Gasteiger partial charge in [0.1, 0.15) is 0 Å². The molecule has 0 bridgehead atoms. The van der Waals surface area contributed by atoms with Crippen LogP contribution >= 0.6 is 0 Å². The van der Waals surface area contributed by atoms with E-state index in [0.29, 0.717) is 38.4 Å². The fraction of sp³-hybridized carbons (Fsp3) is 0.368. The van der Waals surface area contributed by atoms with Crippen LogP contribution in [0.5, 0.6) is 0 Å². The van der Waals surface area contributed by atoms with Crippen molar-refractivity contribution in [1.29, 1.82) is 0 Å². The lowest BCUT2D eigenvalue weighted by molar-refractivity contribution is -0.133. The molecule has 1 aromatic heterocycles. The molecule has 1 aliphatic heterocycles. The van der Waals surface area contributed by atoms with E-state index in [0.717, 1.165) is 0 Å². The number of nitrogens with zero attached hydrogens (tertiary/aromatic N) is 2. The highest BCUT2D eigenvalue weighted by Crippen LogP contribution is 2.20. The van der Waals surface area contributed by atoms with Crippen LogP contribution in [0.3, 0.4) is 0 Å². The van der Waals surface area contributed by atoms with E-state index in [9.17, 15) is 9.59 Å². The summed E-state index contributed by atoms with van der Waals surface area (Å²) in [7, 11) is 0. The number of furan rings is 1. The maximum absolute atomic E-state index is 12.5. The summed E-state index contributed by atoms with van der Waals surface area (Å²) in [6.07, 6.45) is 1.99. The predicted octanol–water partition coefficient (Wildman–Crippen LogP) is 2.76. The summed E-state index contributed by atoms with van der Waals surface area (Å²) in [5, 5.41) is 0. The van der Waals surface area contributed by atoms with Crippen molar-refractivity contribution >= 4 is 11.8 Å². The van der Waals surface area contributed by atoms with Crippen LogP contribution in [-0.2, 0) is 4.79 Å². The molecule has 5 heteroatoms. The summed E-state index contributed by atoms with van der Waals surface area (Å²) >= 11 is 0. The van der Waals surface area contributed by atoms with Crippen molar-refractivity contribution in [3.63, 3.8) is 0 Å². The summed E-state index contributed by atoms with van der Waals surface area (Å²) in [6.45, 7) is 4.32. The molecule has 0 spiro atoms. The van der Waals surface area contributed by atoms with Crippen LogP contribution in [0.15, 0.2) is 53.1 Å². The van der Waals surface area contributed by atoms with E-state index in [4.69, 9.17) is 4.42 Å². The number of hydrogen-bond donors (Lipinski definition) is 0. The molecular formula is C19H22N2O3. The number of hydrogen-bond acceptors (Lipinski definition) is 3. The first-order chi connectivity index (χ1) is 11.6. The first-order valence-corrected chi connectivity index (χ1v) is 8.30. The minimum absolute atomic E-state index is 0.107. The first kappa shape index (κ1) is 16.3. The van der Waals surface area contributed by atoms with Gasteiger partial charge in [-0.15, -0.1) is 0 Å². The molecule has 1 fully saturated rings. The van der Waals surface area contributed by atoms with Gasteiger partial charge < -0.3 is 14.2 Å². The van der Waals surface area contributed by atoms with Crippen LogP contribution in [0, 0.1) is 0 Å². The fourth-order valence-electron chi connectivity index (χ4n) is 3.01. The Balaban J connectivity index is 1.51. The van der Waals surface area contributed by atoms with Gasteiger partial charge in [-0.3, -0.25) is 9.59 Å². The predicted molar refractivity (Wildman–Crippen MR) is 90.7 cm³/mol. The Labute approximate surface area is 141 Å². The van der Waals surface area contributed by atoms with Crippen molar-refractivity contribution in [2.24, 2.45) is 0 Å². The van der Waals surface area contributed by atoms with Gasteiger partial charge >= 0.3 is 0 Å². The molecule has 24 heavy (non-hydrogen) atoms. The van der Waals surface area contributed by atoms with E-state index in [1.54, 1.807) is 17.0 Å². The summed E-state index contributed by atoms with van der Waals surface area (Å²) in [5.41, 5.74) is 1.18. The third kappa shape index (κ3) is 3.67. The normalized spacial score (nSPS) is 16.0. The van der Waals surface area contributed by atoms with E-state index in [-0.39, 0.29) is 17.7 Å². The zero-order chi connectivity index (χ0) is 16.9. The molecule has 2 aromatic rings. The van der Waals surface area contributed by atoms with Crippen LogP contribution in [0.1, 0.15) is 35.4 Å². The van der Waals surface area contributed by atoms with Crippen molar-refractivity contribution in [2.75, 3.05) is 26.2 Å². The number of carbonyl (C=O) groups is 2. The van der Waals surface area contributed by atoms with Crippen LogP contribution in [0.2, 0.25) is 0 Å². The maximum atomic E-state index is 12.5. The van der Waals surface area contributed by atoms with Gasteiger partial charge in [0.15, 0.2) is 5.76 Å². The topological polar surface area (TPSA) is 53.8 Å². The van der Waals surface area contributed by atoms with E-state index >= 15 is 0 Å². The Kier molecular flexibility index (Phi) is 4.99. The summed E-state index contributed by atoms with van der Waals surface area (Å²) in [6, 6.07) is 13.5. The summed E-state index contributed by atoms with van der Waals surface area (Å²) in [5.74, 6) is 0.593. The Bertz CT molecular complexity index is 674. The van der Waals surface area contributed by atoms with Gasteiger partial charge in [-0.25, -0.2) is 0 Å². The lowest BCUT2D eigenvalue weighted by Crippen LogP contribution is -2.50. The fourth-order valence-corrected chi connectivity index (χ4v) is 3.01. The number of carbonyl (C=O) groups excluding carboxylic acids is 2. The molecule has 5 nitrogen and oxygen atoms in total. The highest BCUT2D eigenvalue weighted by atomic mass is 16.3. The van der Waals surface area contributed by atoms with E-state index in [1.165, 1.54) is 11.8 Å². The number of piperazine rings is 1. The largest absolute Gasteiger partial charge is 0.459 e. The minimum atomic E-state index is -0.107. The maximum Gasteiger partial charge on any atom is 0.289 e. The quantitative estimate of drug-likeness (QED) is 0.868. The first-order valence-electron chi connectivity index (χ1n) is 8.30. The van der Waals surface area contributed by atoms with Crippen molar-refractivity contribution in [1.82, 2.24) is 9.80 Å². The SMILES string of the molecule is C[C@@H](CC(=O)N1CCN(C(=O)c2ccco2)CC1)c1ccccc1. The summed E-state index contributed by atoms with van der Waals surface area (Å²) < 4.78 is 5.15. The highest BCUT2D eigenvalue weighted by Gasteiger charge is 2.26. The highest BCUT2D eigenvalue weighted by molar-refractivity contribution is 5.91. The van der Waals surface area contributed by atoms with Gasteiger partial charge in [0.2, 0.25) is 5.91 Å². The van der Waals surface area contributed by atoms with Crippen molar-refractivity contribution < 1.29 is 14.0 Å². The van der Waals surface area contributed by atoms with E-state index in [1.807, 2.05) is 23.1 Å². The monoisotopic (exact) mass is 326 g/mol. The average molecular weight is 326 g/mol. The Morgan fingerprint density at radius 3 is 2.29 bits per heavy atom. The lowest BCUT2D eigenvalue weighted by atomic mass is 9.97. The summed E-state index contributed by atoms with van der Waals surface area (Å²) in [4.78, 5) is 28.3. The molecule has 1 atom stereocenters. The Hall–Kier alpha value is -2.56. The molecule has 0 N–H and O–H groups in total. The number of rotatable bonds is 4. The standard InChI is InChI=1S/C19H22N2O3/c1-15(16-6-3-2-4-7-16)14-18(22)20-9-11-21(12-10-20)19(23)17-8-5-13-24-17/h2-8,13,15H,9-12,14H2,1H3/t15-/m0/s1. The van der Waals surface area contributed by atoms with Crippen molar-refractivity contribution in [3.8, 4) is 0 Å². The van der Waals surface area contributed by atoms with Crippen LogP contribution < -0.4 is 0 Å². The van der Waals surface area contributed by atoms with Crippen molar-refractivity contribution in [3.05, 3.63) is 60.1 Å². The molecule has 1 saturated heterocycles. The molecule has 0 radical (unpaired) electrons. The van der Waals surface area contributed by atoms with Gasteiger partial charge in [-0.05, 0) is 23.6 Å². The van der Waals surface area contributed by atoms with E-state index in [2.05, 4.69) is 19.1 Å². The minimum Gasteiger partial charge on any atom is -0.459 e. The van der Waals surface area contributed by atoms with Crippen LogP contribution in [0.4, 0.5) is 0 Å². The molecule has 1 aliphatic rings. The van der Waals surface area contributed by atoms with Gasteiger partial charge in [-0.2, -0.15) is 0 Å². The zero-order valence-electron chi connectivity index (χ0n) is 13.9. The second-order valence-electron chi connectivity index (χ2n) is 6.17. The van der Waals surface area contributed by atoms with Crippen molar-refractivity contribution in [2.45, 2.75) is 19.3 Å². The third-order valence-electron chi connectivity index (χ3n) is 4.50. The molecule has 2 amide bonds. The molecule has 0 unspecified atom stereocenters. The van der Waals surface area contributed by atoms with Crippen LogP contribution in [-0.4, -0.2) is 47.8 Å². The second-order valence-corrected chi connectivity index (χ2v) is 6.17. The number of amides is 2. The zero-order valence-corrected chi connectivity index (χ0v) is 13.9. The van der Waals surface area contributed by atoms with Gasteiger partial charge in [0.05, 0.1) is 6.26 Å². The molecule has 1 aromatic carbocycles. The smallest absolute Gasteiger partial charge is 0.289 e. The van der Waals surface area contributed by atoms with Gasteiger partial charge in [0.25, 0.3) is 5.91 Å². The molecule has 0 saturated carbocycles. The lowest BCUT2D eigenvalue weighted by Gasteiger charge is -2.34. The second kappa shape index (κ2) is 7.34. The molecular weight excluding hydrogens is 304 g/mol. The average Bonchev–Trinajstić information content (AvgIpc) is 3.16. The Morgan fingerprint density at radius 1 is 1.00 bits per heavy atom. The van der Waals surface area contributed by atoms with Gasteiger partial charge in [0, 0.05) is 32.6 Å². The molecule has 0 aliphatic carbocycles. The Morgan fingerprint density at radius 2 is 1.67 bits per heavy atom. The molecule has 2 heterocycles. The molecule has 3 rings (SSSR count). The van der Waals surface area contributed by atoms with Crippen LogP contribution in [0.25, 0.3) is 0 Å². The number of benzene rings is 1.